The third kappa shape index (κ3) is 2.67. The van der Waals surface area contributed by atoms with E-state index in [9.17, 15) is 5.11 Å². The van der Waals surface area contributed by atoms with Crippen LogP contribution in [-0.4, -0.2) is 5.11 Å². The molecule has 0 saturated carbocycles. The van der Waals surface area contributed by atoms with E-state index in [-0.39, 0.29) is 5.41 Å². The highest BCUT2D eigenvalue weighted by atomic mass is 16.3. The fraction of sp³-hybridized carbons (Fsp3) is 0.474. The van der Waals surface area contributed by atoms with E-state index in [0.717, 1.165) is 5.56 Å². The van der Waals surface area contributed by atoms with Gasteiger partial charge in [-0.2, -0.15) is 0 Å². The highest BCUT2D eigenvalue weighted by Crippen LogP contribution is 2.46. The highest BCUT2D eigenvalue weighted by Gasteiger charge is 2.38. The van der Waals surface area contributed by atoms with Gasteiger partial charge in [0.15, 0.2) is 0 Å². The van der Waals surface area contributed by atoms with Crippen LogP contribution < -0.4 is 0 Å². The summed E-state index contributed by atoms with van der Waals surface area (Å²) in [4.78, 5) is 0. The van der Waals surface area contributed by atoms with Crippen LogP contribution in [-0.2, 0) is 5.41 Å². The first-order valence-corrected chi connectivity index (χ1v) is 7.65. The molecule has 20 heavy (non-hydrogen) atoms. The zero-order chi connectivity index (χ0) is 14.8. The largest absolute Gasteiger partial charge is 0.508 e. The lowest BCUT2D eigenvalue weighted by Gasteiger charge is -2.40. The summed E-state index contributed by atoms with van der Waals surface area (Å²) in [5, 5.41) is 10.3. The van der Waals surface area contributed by atoms with Gasteiger partial charge in [0.05, 0.1) is 0 Å². The van der Waals surface area contributed by atoms with Crippen LogP contribution >= 0.6 is 0 Å². The van der Waals surface area contributed by atoms with Gasteiger partial charge in [0.25, 0.3) is 0 Å². The van der Waals surface area contributed by atoms with Crippen LogP contribution in [0.2, 0.25) is 0 Å². The highest BCUT2D eigenvalue weighted by molar-refractivity contribution is 5.48. The summed E-state index contributed by atoms with van der Waals surface area (Å²) in [5.74, 6) is 0.884. The van der Waals surface area contributed by atoms with Crippen molar-refractivity contribution in [1.82, 2.24) is 0 Å². The second kappa shape index (κ2) is 5.87. The van der Waals surface area contributed by atoms with E-state index in [4.69, 9.17) is 0 Å². The third-order valence-electron chi connectivity index (χ3n) is 4.59. The van der Waals surface area contributed by atoms with Gasteiger partial charge < -0.3 is 5.11 Å². The third-order valence-corrected chi connectivity index (χ3v) is 4.59. The van der Waals surface area contributed by atoms with E-state index in [2.05, 4.69) is 45.9 Å². The molecular weight excluding hydrogens is 244 g/mol. The van der Waals surface area contributed by atoms with Crippen molar-refractivity contribution < 1.29 is 5.11 Å². The molecule has 0 bridgehead atoms. The number of unbranched alkanes of at least 4 members (excludes halogenated alkanes) is 1. The fourth-order valence-electron chi connectivity index (χ4n) is 3.68. The van der Waals surface area contributed by atoms with Crippen LogP contribution in [0.15, 0.2) is 47.6 Å². The zero-order valence-corrected chi connectivity index (χ0v) is 13.1. The molecule has 0 heterocycles. The van der Waals surface area contributed by atoms with Crippen molar-refractivity contribution in [2.75, 3.05) is 0 Å². The van der Waals surface area contributed by atoms with Crippen molar-refractivity contribution in [3.05, 3.63) is 53.1 Å². The number of phenols is 1. The van der Waals surface area contributed by atoms with Gasteiger partial charge in [-0.1, -0.05) is 68.2 Å². The maximum absolute atomic E-state index is 10.3. The molecule has 1 heteroatoms. The minimum Gasteiger partial charge on any atom is -0.508 e. The van der Waals surface area contributed by atoms with E-state index in [1.54, 1.807) is 6.07 Å². The standard InChI is InChI=1S/C19H26O/c1-5-6-9-16-15(3)12-14(2)13-19(16,4)17-10-7-8-11-18(17)20/h7-8,10-13,16,20H,5-6,9H2,1-4H3. The van der Waals surface area contributed by atoms with Crippen LogP contribution in [0, 0.1) is 5.92 Å². The summed E-state index contributed by atoms with van der Waals surface area (Å²) in [7, 11) is 0. The summed E-state index contributed by atoms with van der Waals surface area (Å²) in [6.07, 6.45) is 8.24. The minimum absolute atomic E-state index is 0.108. The predicted molar refractivity (Wildman–Crippen MR) is 86.0 cm³/mol. The van der Waals surface area contributed by atoms with Gasteiger partial charge in [0.2, 0.25) is 0 Å². The van der Waals surface area contributed by atoms with E-state index < -0.39 is 0 Å². The second-order valence-corrected chi connectivity index (χ2v) is 6.27. The summed E-state index contributed by atoms with van der Waals surface area (Å²) in [6, 6.07) is 7.78. The Labute approximate surface area is 123 Å². The van der Waals surface area contributed by atoms with Gasteiger partial charge >= 0.3 is 0 Å². The van der Waals surface area contributed by atoms with Crippen molar-refractivity contribution in [3.63, 3.8) is 0 Å². The summed E-state index contributed by atoms with van der Waals surface area (Å²) >= 11 is 0. The molecule has 1 N–H and O–H groups in total. The molecule has 2 rings (SSSR count). The number of hydrogen-bond donors (Lipinski definition) is 1. The van der Waals surface area contributed by atoms with E-state index >= 15 is 0 Å². The lowest BCUT2D eigenvalue weighted by molar-refractivity contribution is 0.351. The number of aromatic hydroxyl groups is 1. The molecule has 0 radical (unpaired) electrons. The predicted octanol–water partition coefficient (Wildman–Crippen LogP) is 5.36. The Hall–Kier alpha value is -1.50. The van der Waals surface area contributed by atoms with Crippen LogP contribution in [0.25, 0.3) is 0 Å². The first-order chi connectivity index (χ1) is 9.49. The maximum Gasteiger partial charge on any atom is 0.119 e. The SMILES string of the molecule is CCCCC1C(C)=CC(C)=CC1(C)c1ccccc1O. The van der Waals surface area contributed by atoms with Crippen molar-refractivity contribution in [2.24, 2.45) is 5.92 Å². The molecule has 0 fully saturated rings. The van der Waals surface area contributed by atoms with Crippen LogP contribution in [0.5, 0.6) is 5.75 Å². The number of benzene rings is 1. The molecule has 2 atom stereocenters. The molecule has 1 aromatic rings. The Morgan fingerprint density at radius 2 is 1.90 bits per heavy atom. The number of para-hydroxylation sites is 1. The van der Waals surface area contributed by atoms with E-state index in [1.165, 1.54) is 30.4 Å². The Balaban J connectivity index is 2.49. The lowest BCUT2D eigenvalue weighted by atomic mass is 9.64. The first kappa shape index (κ1) is 14.9. The van der Waals surface area contributed by atoms with Gasteiger partial charge in [-0.3, -0.25) is 0 Å². The molecule has 108 valence electrons. The minimum atomic E-state index is -0.108. The van der Waals surface area contributed by atoms with Crippen LogP contribution in [0.1, 0.15) is 52.5 Å². The van der Waals surface area contributed by atoms with Gasteiger partial charge in [-0.25, -0.2) is 0 Å². The molecule has 0 saturated heterocycles. The normalized spacial score (nSPS) is 26.1. The molecule has 0 aromatic heterocycles. The molecule has 2 unspecified atom stereocenters. The lowest BCUT2D eigenvalue weighted by Crippen LogP contribution is -2.33. The molecule has 0 aliphatic heterocycles. The van der Waals surface area contributed by atoms with Crippen LogP contribution in [0.4, 0.5) is 0 Å². The number of rotatable bonds is 4. The van der Waals surface area contributed by atoms with Gasteiger partial charge in [0.1, 0.15) is 5.75 Å². The quantitative estimate of drug-likeness (QED) is 0.780. The van der Waals surface area contributed by atoms with E-state index in [0.29, 0.717) is 11.7 Å². The molecule has 1 nitrogen and oxygen atoms in total. The smallest absolute Gasteiger partial charge is 0.119 e. The van der Waals surface area contributed by atoms with E-state index in [1.807, 2.05) is 12.1 Å². The Kier molecular flexibility index (Phi) is 4.37. The molecule has 0 amide bonds. The number of allylic oxidation sites excluding steroid dienone is 4. The monoisotopic (exact) mass is 270 g/mol. The van der Waals surface area contributed by atoms with Crippen molar-refractivity contribution in [2.45, 2.75) is 52.4 Å². The Morgan fingerprint density at radius 1 is 1.20 bits per heavy atom. The zero-order valence-electron chi connectivity index (χ0n) is 13.1. The number of hydrogen-bond acceptors (Lipinski definition) is 1. The topological polar surface area (TPSA) is 20.2 Å². The molecular formula is C19H26O. The van der Waals surface area contributed by atoms with Gasteiger partial charge in [0, 0.05) is 11.0 Å². The summed E-state index contributed by atoms with van der Waals surface area (Å²) in [6.45, 7) is 8.88. The van der Waals surface area contributed by atoms with Crippen molar-refractivity contribution in [1.29, 1.82) is 0 Å². The van der Waals surface area contributed by atoms with Gasteiger partial charge in [-0.15, -0.1) is 0 Å². The molecule has 1 aliphatic carbocycles. The van der Waals surface area contributed by atoms with Gasteiger partial charge in [-0.05, 0) is 32.3 Å². The maximum atomic E-state index is 10.3. The summed E-state index contributed by atoms with van der Waals surface area (Å²) in [5.41, 5.74) is 3.67. The van der Waals surface area contributed by atoms with Crippen molar-refractivity contribution >= 4 is 0 Å². The first-order valence-electron chi connectivity index (χ1n) is 7.65. The molecule has 0 spiro atoms. The second-order valence-electron chi connectivity index (χ2n) is 6.27. The molecule has 1 aliphatic rings. The average Bonchev–Trinajstić information content (AvgIpc) is 2.38. The summed E-state index contributed by atoms with van der Waals surface area (Å²) < 4.78 is 0. The Morgan fingerprint density at radius 3 is 2.55 bits per heavy atom. The Bertz CT molecular complexity index is 538. The fourth-order valence-corrected chi connectivity index (χ4v) is 3.68. The number of phenolic OH excluding ortho intramolecular Hbond substituents is 1. The average molecular weight is 270 g/mol. The molecule has 1 aromatic carbocycles. The van der Waals surface area contributed by atoms with Crippen molar-refractivity contribution in [3.8, 4) is 5.75 Å². The van der Waals surface area contributed by atoms with Crippen LogP contribution in [0.3, 0.4) is 0 Å².